The monoisotopic (exact) mass is 323 g/mol. The Kier molecular flexibility index (Phi) is 4.80. The maximum atomic E-state index is 11.3. The van der Waals surface area contributed by atoms with Crippen molar-refractivity contribution in [1.82, 2.24) is 4.90 Å². The van der Waals surface area contributed by atoms with Crippen molar-refractivity contribution >= 4 is 0 Å². The Morgan fingerprint density at radius 1 is 1.04 bits per heavy atom. The summed E-state index contributed by atoms with van der Waals surface area (Å²) in [6, 6.07) is 19.1. The molecule has 0 bridgehead atoms. The number of piperidine rings is 1. The van der Waals surface area contributed by atoms with E-state index in [-0.39, 0.29) is 5.41 Å². The topological polar surface area (TPSA) is 23.5 Å². The summed E-state index contributed by atoms with van der Waals surface area (Å²) in [5.74, 6) is 0. The second kappa shape index (κ2) is 6.70. The van der Waals surface area contributed by atoms with Crippen LogP contribution in [0, 0.1) is 0 Å². The molecule has 24 heavy (non-hydrogen) atoms. The van der Waals surface area contributed by atoms with Crippen LogP contribution < -0.4 is 0 Å². The summed E-state index contributed by atoms with van der Waals surface area (Å²) in [5, 5.41) is 11.3. The van der Waals surface area contributed by atoms with Gasteiger partial charge in [-0.25, -0.2) is 0 Å². The van der Waals surface area contributed by atoms with Crippen LogP contribution >= 0.6 is 0 Å². The van der Waals surface area contributed by atoms with Gasteiger partial charge < -0.3 is 5.11 Å². The molecule has 2 aromatic rings. The van der Waals surface area contributed by atoms with Gasteiger partial charge in [0.2, 0.25) is 0 Å². The van der Waals surface area contributed by atoms with Crippen LogP contribution in [-0.4, -0.2) is 23.1 Å². The standard InChI is InChI=1S/C22H29NO/c1-21(2,3)19-11-7-12-20(15-19)22(24)13-8-14-23(17-22)16-18-9-5-4-6-10-18/h4-7,9-12,15,24H,8,13-14,16-17H2,1-3H3. The fourth-order valence-corrected chi connectivity index (χ4v) is 3.61. The van der Waals surface area contributed by atoms with Gasteiger partial charge in [-0.15, -0.1) is 0 Å². The van der Waals surface area contributed by atoms with Crippen LogP contribution in [0.2, 0.25) is 0 Å². The van der Waals surface area contributed by atoms with Crippen LogP contribution in [0.1, 0.15) is 50.3 Å². The summed E-state index contributed by atoms with van der Waals surface area (Å²) in [6.07, 6.45) is 1.87. The molecule has 128 valence electrons. The Morgan fingerprint density at radius 3 is 2.50 bits per heavy atom. The molecule has 0 radical (unpaired) electrons. The highest BCUT2D eigenvalue weighted by molar-refractivity contribution is 5.33. The first-order valence-electron chi connectivity index (χ1n) is 8.97. The third-order valence-electron chi connectivity index (χ3n) is 5.06. The van der Waals surface area contributed by atoms with Gasteiger partial charge in [0.25, 0.3) is 0 Å². The van der Waals surface area contributed by atoms with Crippen LogP contribution in [0.15, 0.2) is 54.6 Å². The molecule has 1 N–H and O–H groups in total. The van der Waals surface area contributed by atoms with Crippen LogP contribution in [0.25, 0.3) is 0 Å². The zero-order valence-corrected chi connectivity index (χ0v) is 15.1. The Labute approximate surface area is 146 Å². The highest BCUT2D eigenvalue weighted by atomic mass is 16.3. The van der Waals surface area contributed by atoms with Gasteiger partial charge in [-0.3, -0.25) is 4.90 Å². The van der Waals surface area contributed by atoms with Crippen molar-refractivity contribution in [2.24, 2.45) is 0 Å². The van der Waals surface area contributed by atoms with Gasteiger partial charge in [0, 0.05) is 13.1 Å². The fraction of sp³-hybridized carbons (Fsp3) is 0.455. The fourth-order valence-electron chi connectivity index (χ4n) is 3.61. The van der Waals surface area contributed by atoms with Crippen molar-refractivity contribution in [3.05, 3.63) is 71.3 Å². The lowest BCUT2D eigenvalue weighted by Crippen LogP contribution is -2.45. The van der Waals surface area contributed by atoms with E-state index in [4.69, 9.17) is 0 Å². The van der Waals surface area contributed by atoms with E-state index < -0.39 is 5.60 Å². The molecule has 1 unspecified atom stereocenters. The molecule has 2 heteroatoms. The minimum absolute atomic E-state index is 0.102. The normalized spacial score (nSPS) is 22.5. The summed E-state index contributed by atoms with van der Waals surface area (Å²) in [5.41, 5.74) is 3.02. The number of benzene rings is 2. The van der Waals surface area contributed by atoms with Crippen molar-refractivity contribution in [3.63, 3.8) is 0 Å². The lowest BCUT2D eigenvalue weighted by molar-refractivity contribution is -0.0382. The summed E-state index contributed by atoms with van der Waals surface area (Å²) >= 11 is 0. The average molecular weight is 323 g/mol. The van der Waals surface area contributed by atoms with E-state index >= 15 is 0 Å². The minimum Gasteiger partial charge on any atom is -0.384 e. The van der Waals surface area contributed by atoms with E-state index in [1.165, 1.54) is 11.1 Å². The molecule has 1 aliphatic heterocycles. The number of rotatable bonds is 3. The maximum Gasteiger partial charge on any atom is 0.102 e. The number of hydrogen-bond donors (Lipinski definition) is 1. The third kappa shape index (κ3) is 3.88. The maximum absolute atomic E-state index is 11.3. The second-order valence-corrected chi connectivity index (χ2v) is 8.16. The van der Waals surface area contributed by atoms with E-state index in [0.717, 1.165) is 31.5 Å². The van der Waals surface area contributed by atoms with Crippen LogP contribution in [0.4, 0.5) is 0 Å². The number of aliphatic hydroxyl groups is 1. The van der Waals surface area contributed by atoms with Crippen LogP contribution in [0.5, 0.6) is 0 Å². The number of likely N-dealkylation sites (tertiary alicyclic amines) is 1. The van der Waals surface area contributed by atoms with Gasteiger partial charge in [0.1, 0.15) is 5.60 Å². The van der Waals surface area contributed by atoms with E-state index in [0.29, 0.717) is 6.54 Å². The predicted molar refractivity (Wildman–Crippen MR) is 100.0 cm³/mol. The van der Waals surface area contributed by atoms with Crippen molar-refractivity contribution in [2.45, 2.75) is 51.2 Å². The third-order valence-corrected chi connectivity index (χ3v) is 5.06. The number of β-amino-alcohol motifs (C(OH)–C–C–N with tert-alkyl or cyclic N) is 1. The molecule has 1 atom stereocenters. The van der Waals surface area contributed by atoms with E-state index in [9.17, 15) is 5.11 Å². The molecule has 1 aliphatic rings. The highest BCUT2D eigenvalue weighted by Gasteiger charge is 2.35. The lowest BCUT2D eigenvalue weighted by atomic mass is 9.80. The molecule has 2 nitrogen and oxygen atoms in total. The van der Waals surface area contributed by atoms with Gasteiger partial charge in [0.15, 0.2) is 0 Å². The Bertz CT molecular complexity index is 674. The molecule has 0 aliphatic carbocycles. The minimum atomic E-state index is -0.742. The first-order valence-corrected chi connectivity index (χ1v) is 8.97. The second-order valence-electron chi connectivity index (χ2n) is 8.16. The van der Waals surface area contributed by atoms with Crippen molar-refractivity contribution in [2.75, 3.05) is 13.1 Å². The number of nitrogens with zero attached hydrogens (tertiary/aromatic N) is 1. The molecule has 3 rings (SSSR count). The summed E-state index contributed by atoms with van der Waals surface area (Å²) in [4.78, 5) is 2.38. The Hall–Kier alpha value is -1.64. The van der Waals surface area contributed by atoms with Gasteiger partial charge >= 0.3 is 0 Å². The Morgan fingerprint density at radius 2 is 1.79 bits per heavy atom. The zero-order valence-electron chi connectivity index (χ0n) is 15.1. The SMILES string of the molecule is CC(C)(C)c1cccc(C2(O)CCCN(Cc3ccccc3)C2)c1. The first kappa shape index (κ1) is 17.2. The largest absolute Gasteiger partial charge is 0.384 e. The molecule has 1 fully saturated rings. The molecule has 1 saturated heterocycles. The zero-order chi connectivity index (χ0) is 17.2. The summed E-state index contributed by atoms with van der Waals surface area (Å²) in [7, 11) is 0. The van der Waals surface area contributed by atoms with Gasteiger partial charge in [-0.1, -0.05) is 75.4 Å². The van der Waals surface area contributed by atoms with E-state index in [1.807, 2.05) is 6.07 Å². The molecule has 0 amide bonds. The predicted octanol–water partition coefficient (Wildman–Crippen LogP) is 4.47. The van der Waals surface area contributed by atoms with Crippen molar-refractivity contribution < 1.29 is 5.11 Å². The van der Waals surface area contributed by atoms with Gasteiger partial charge in [-0.05, 0) is 41.5 Å². The molecule has 0 spiro atoms. The summed E-state index contributed by atoms with van der Waals surface area (Å²) in [6.45, 7) is 9.32. The molecular formula is C22H29NO. The van der Waals surface area contributed by atoms with Crippen molar-refractivity contribution in [3.8, 4) is 0 Å². The first-order chi connectivity index (χ1) is 11.4. The number of hydrogen-bond acceptors (Lipinski definition) is 2. The lowest BCUT2D eigenvalue weighted by Gasteiger charge is -2.40. The van der Waals surface area contributed by atoms with Crippen molar-refractivity contribution in [1.29, 1.82) is 0 Å². The molecular weight excluding hydrogens is 294 g/mol. The molecule has 2 aromatic carbocycles. The van der Waals surface area contributed by atoms with E-state index in [2.05, 4.69) is 74.2 Å². The summed E-state index contributed by atoms with van der Waals surface area (Å²) < 4.78 is 0. The van der Waals surface area contributed by atoms with Gasteiger partial charge in [0.05, 0.1) is 0 Å². The van der Waals surface area contributed by atoms with Crippen LogP contribution in [0.3, 0.4) is 0 Å². The molecule has 0 saturated carbocycles. The molecule has 1 heterocycles. The average Bonchev–Trinajstić information content (AvgIpc) is 2.55. The van der Waals surface area contributed by atoms with Gasteiger partial charge in [-0.2, -0.15) is 0 Å². The Balaban J connectivity index is 1.79. The quantitative estimate of drug-likeness (QED) is 0.901. The van der Waals surface area contributed by atoms with E-state index in [1.54, 1.807) is 0 Å². The molecule has 0 aromatic heterocycles. The van der Waals surface area contributed by atoms with Crippen LogP contribution in [-0.2, 0) is 17.6 Å². The smallest absolute Gasteiger partial charge is 0.102 e. The highest BCUT2D eigenvalue weighted by Crippen LogP contribution is 2.34.